The summed E-state index contributed by atoms with van der Waals surface area (Å²) in [7, 11) is 0. The van der Waals surface area contributed by atoms with Crippen LogP contribution in [0.2, 0.25) is 0 Å². The first kappa shape index (κ1) is 12.2. The first-order chi connectivity index (χ1) is 6.70. The summed E-state index contributed by atoms with van der Waals surface area (Å²) in [6.45, 7) is 6.66. The zero-order valence-electron chi connectivity index (χ0n) is 8.55. The van der Waals surface area contributed by atoms with Crippen molar-refractivity contribution >= 4 is 27.3 Å². The molecule has 4 heteroatoms. The molecule has 1 aromatic heterocycles. The molecule has 0 aliphatic rings. The lowest BCUT2D eigenvalue weighted by Crippen LogP contribution is -2.26. The van der Waals surface area contributed by atoms with Gasteiger partial charge < -0.3 is 10.1 Å². The standard InChI is InChI=1S/C10H16BrNOS/c1-8(2)12-4-5-13-7-10-9(11)3-6-14-10/h3,6,8,12H,4-5,7H2,1-2H3. The van der Waals surface area contributed by atoms with E-state index in [1.54, 1.807) is 11.3 Å². The molecule has 1 heterocycles. The minimum atomic E-state index is 0.534. The van der Waals surface area contributed by atoms with Crippen LogP contribution in [0.5, 0.6) is 0 Å². The van der Waals surface area contributed by atoms with Crippen molar-refractivity contribution in [2.24, 2.45) is 0 Å². The maximum absolute atomic E-state index is 5.53. The SMILES string of the molecule is CC(C)NCCOCc1sccc1Br. The second-order valence-corrected chi connectivity index (χ2v) is 5.21. The lowest BCUT2D eigenvalue weighted by Gasteiger charge is -2.07. The maximum atomic E-state index is 5.53. The van der Waals surface area contributed by atoms with Crippen LogP contribution < -0.4 is 5.32 Å². The highest BCUT2D eigenvalue weighted by Gasteiger charge is 2.00. The molecule has 0 atom stereocenters. The topological polar surface area (TPSA) is 21.3 Å². The first-order valence-corrected chi connectivity index (χ1v) is 6.40. The molecule has 14 heavy (non-hydrogen) atoms. The fourth-order valence-corrected chi connectivity index (χ4v) is 2.42. The Balaban J connectivity index is 2.08. The molecule has 0 fully saturated rings. The number of rotatable bonds is 6. The van der Waals surface area contributed by atoms with Gasteiger partial charge in [0.05, 0.1) is 13.2 Å². The van der Waals surface area contributed by atoms with E-state index in [4.69, 9.17) is 4.74 Å². The maximum Gasteiger partial charge on any atom is 0.0821 e. The lowest BCUT2D eigenvalue weighted by molar-refractivity contribution is 0.123. The summed E-state index contributed by atoms with van der Waals surface area (Å²) in [6.07, 6.45) is 0. The van der Waals surface area contributed by atoms with Gasteiger partial charge in [-0.1, -0.05) is 13.8 Å². The van der Waals surface area contributed by atoms with Crippen molar-refractivity contribution in [3.63, 3.8) is 0 Å². The van der Waals surface area contributed by atoms with Gasteiger partial charge in [-0.2, -0.15) is 0 Å². The van der Waals surface area contributed by atoms with Crippen LogP contribution >= 0.6 is 27.3 Å². The monoisotopic (exact) mass is 277 g/mol. The van der Waals surface area contributed by atoms with Crippen LogP contribution in [-0.2, 0) is 11.3 Å². The van der Waals surface area contributed by atoms with Gasteiger partial charge in [-0.15, -0.1) is 11.3 Å². The molecule has 2 nitrogen and oxygen atoms in total. The summed E-state index contributed by atoms with van der Waals surface area (Å²) in [4.78, 5) is 1.26. The molecule has 0 aliphatic carbocycles. The predicted molar refractivity (Wildman–Crippen MR) is 64.8 cm³/mol. The van der Waals surface area contributed by atoms with Crippen LogP contribution in [0, 0.1) is 0 Å². The van der Waals surface area contributed by atoms with E-state index in [9.17, 15) is 0 Å². The lowest BCUT2D eigenvalue weighted by atomic mass is 10.4. The minimum absolute atomic E-state index is 0.534. The van der Waals surface area contributed by atoms with Gasteiger partial charge in [0.25, 0.3) is 0 Å². The highest BCUT2D eigenvalue weighted by atomic mass is 79.9. The largest absolute Gasteiger partial charge is 0.375 e. The van der Waals surface area contributed by atoms with E-state index in [2.05, 4.69) is 46.5 Å². The molecule has 0 saturated carbocycles. The van der Waals surface area contributed by atoms with Gasteiger partial charge in [0.1, 0.15) is 0 Å². The molecule has 0 aliphatic heterocycles. The second-order valence-electron chi connectivity index (χ2n) is 3.35. The van der Waals surface area contributed by atoms with Gasteiger partial charge in [-0.25, -0.2) is 0 Å². The molecule has 1 rings (SSSR count). The molecule has 0 spiro atoms. The summed E-state index contributed by atoms with van der Waals surface area (Å²) in [5, 5.41) is 5.37. The van der Waals surface area contributed by atoms with E-state index >= 15 is 0 Å². The summed E-state index contributed by atoms with van der Waals surface area (Å²) in [5.41, 5.74) is 0. The Kier molecular flexibility index (Phi) is 5.70. The van der Waals surface area contributed by atoms with Crippen LogP contribution in [0.3, 0.4) is 0 Å². The number of halogens is 1. The zero-order valence-corrected chi connectivity index (χ0v) is 11.0. The summed E-state index contributed by atoms with van der Waals surface area (Å²) >= 11 is 5.20. The molecular formula is C10H16BrNOS. The molecule has 0 amide bonds. The van der Waals surface area contributed by atoms with Gasteiger partial charge in [0, 0.05) is 21.9 Å². The highest BCUT2D eigenvalue weighted by molar-refractivity contribution is 9.10. The number of hydrogen-bond donors (Lipinski definition) is 1. The van der Waals surface area contributed by atoms with E-state index in [0.29, 0.717) is 12.6 Å². The van der Waals surface area contributed by atoms with Crippen LogP contribution in [0.25, 0.3) is 0 Å². The average molecular weight is 278 g/mol. The van der Waals surface area contributed by atoms with Gasteiger partial charge in [0.2, 0.25) is 0 Å². The number of nitrogens with one attached hydrogen (secondary N) is 1. The Morgan fingerprint density at radius 1 is 1.57 bits per heavy atom. The smallest absolute Gasteiger partial charge is 0.0821 e. The molecule has 0 bridgehead atoms. The first-order valence-electron chi connectivity index (χ1n) is 4.73. The fourth-order valence-electron chi connectivity index (χ4n) is 1.01. The summed E-state index contributed by atoms with van der Waals surface area (Å²) < 4.78 is 6.68. The molecular weight excluding hydrogens is 262 g/mol. The summed E-state index contributed by atoms with van der Waals surface area (Å²) in [5.74, 6) is 0. The Hall–Kier alpha value is 0.100. The Morgan fingerprint density at radius 2 is 2.36 bits per heavy atom. The van der Waals surface area contributed by atoms with E-state index in [1.165, 1.54) is 4.88 Å². The molecule has 0 radical (unpaired) electrons. The average Bonchev–Trinajstić information content (AvgIpc) is 2.51. The second kappa shape index (κ2) is 6.56. The number of ether oxygens (including phenoxy) is 1. The van der Waals surface area contributed by atoms with Crippen LogP contribution in [-0.4, -0.2) is 19.2 Å². The van der Waals surface area contributed by atoms with Crippen molar-refractivity contribution in [3.8, 4) is 0 Å². The third-order valence-electron chi connectivity index (χ3n) is 1.72. The van der Waals surface area contributed by atoms with Crippen LogP contribution in [0.4, 0.5) is 0 Å². The van der Waals surface area contributed by atoms with E-state index < -0.39 is 0 Å². The van der Waals surface area contributed by atoms with Gasteiger partial charge in [0.15, 0.2) is 0 Å². The van der Waals surface area contributed by atoms with E-state index in [1.807, 2.05) is 0 Å². The van der Waals surface area contributed by atoms with Gasteiger partial charge in [-0.05, 0) is 27.4 Å². The van der Waals surface area contributed by atoms with Crippen molar-refractivity contribution in [3.05, 3.63) is 20.8 Å². The molecule has 0 unspecified atom stereocenters. The van der Waals surface area contributed by atoms with Crippen molar-refractivity contribution < 1.29 is 4.74 Å². The minimum Gasteiger partial charge on any atom is -0.375 e. The fraction of sp³-hybridized carbons (Fsp3) is 0.600. The highest BCUT2D eigenvalue weighted by Crippen LogP contribution is 2.22. The van der Waals surface area contributed by atoms with Crippen molar-refractivity contribution in [1.82, 2.24) is 5.32 Å². The van der Waals surface area contributed by atoms with Gasteiger partial charge >= 0.3 is 0 Å². The molecule has 80 valence electrons. The van der Waals surface area contributed by atoms with Crippen molar-refractivity contribution in [2.75, 3.05) is 13.2 Å². The molecule has 1 aromatic rings. The number of hydrogen-bond acceptors (Lipinski definition) is 3. The molecule has 0 aromatic carbocycles. The van der Waals surface area contributed by atoms with Crippen molar-refractivity contribution in [2.45, 2.75) is 26.5 Å². The summed E-state index contributed by atoms with van der Waals surface area (Å²) in [6, 6.07) is 2.59. The quantitative estimate of drug-likeness (QED) is 0.808. The molecule has 1 N–H and O–H groups in total. The Labute approximate surface area is 97.8 Å². The Morgan fingerprint density at radius 3 is 2.93 bits per heavy atom. The zero-order chi connectivity index (χ0) is 10.4. The predicted octanol–water partition coefficient (Wildman–Crippen LogP) is 3.03. The van der Waals surface area contributed by atoms with Crippen LogP contribution in [0.15, 0.2) is 15.9 Å². The van der Waals surface area contributed by atoms with Gasteiger partial charge in [-0.3, -0.25) is 0 Å². The van der Waals surface area contributed by atoms with E-state index in [0.717, 1.165) is 17.6 Å². The molecule has 0 saturated heterocycles. The number of thiophene rings is 1. The van der Waals surface area contributed by atoms with Crippen molar-refractivity contribution in [1.29, 1.82) is 0 Å². The van der Waals surface area contributed by atoms with E-state index in [-0.39, 0.29) is 0 Å². The third kappa shape index (κ3) is 4.55. The Bertz CT molecular complexity index is 262. The van der Waals surface area contributed by atoms with Crippen LogP contribution in [0.1, 0.15) is 18.7 Å². The normalized spacial score (nSPS) is 11.1. The third-order valence-corrected chi connectivity index (χ3v) is 3.62.